The van der Waals surface area contributed by atoms with Gasteiger partial charge in [0.1, 0.15) is 23.0 Å². The largest absolute Gasteiger partial charge is 0.456 e. The molecule has 12 aromatic carbocycles. The Kier molecular flexibility index (Phi) is 15.8. The Balaban J connectivity index is 0.000000129. The van der Waals surface area contributed by atoms with Gasteiger partial charge < -0.3 is 14.5 Å². The minimum atomic E-state index is 0. The molecule has 0 fully saturated rings. The zero-order valence-corrected chi connectivity index (χ0v) is 50.9. The highest BCUT2D eigenvalue weighted by atomic mass is 35.5. The van der Waals surface area contributed by atoms with Crippen LogP contribution in [0, 0.1) is 0 Å². The lowest BCUT2D eigenvalue weighted by atomic mass is 9.96. The summed E-state index contributed by atoms with van der Waals surface area (Å²) in [5.41, 5.74) is 23.0. The van der Waals surface area contributed by atoms with E-state index >= 15 is 0 Å². The van der Waals surface area contributed by atoms with Crippen LogP contribution in [0.3, 0.4) is 0 Å². The topological polar surface area (TPSA) is 90.7 Å². The fourth-order valence-corrected chi connectivity index (χ4v) is 12.9. The third kappa shape index (κ3) is 11.0. The van der Waals surface area contributed by atoms with Gasteiger partial charge in [-0.2, -0.15) is 0 Å². The van der Waals surface area contributed by atoms with Crippen LogP contribution in [0.5, 0.6) is 23.0 Å². The van der Waals surface area contributed by atoms with E-state index in [1.54, 1.807) is 0 Å². The number of rotatable bonds is 7. The predicted molar refractivity (Wildman–Crippen MR) is 385 cm³/mol. The summed E-state index contributed by atoms with van der Waals surface area (Å²) >= 11 is 6.03. The Labute approximate surface area is 550 Å². The van der Waals surface area contributed by atoms with Gasteiger partial charge in [-0.3, -0.25) is 4.57 Å². The summed E-state index contributed by atoms with van der Waals surface area (Å²) in [5.74, 6) is 3.98. The number of fused-ring (bicyclic) bond motifs is 14. The number of hydrogen-bond acceptors (Lipinski definition) is 6. The SMILES string of the molecule is C.Clc1nc(-c2ccccc2)cc(-c2ccccc2)n1.c1ccc(-c2cc(-c3ccccc3)nc(-n3c4c(c5cccc(-c6ccccc6)c53)-c3ccccc3Oc3ccccc3-4)n2)cc1.c1ccc(-c2cccc3c4c([nH]c23)-c2ccccc2Oc2ccccc2-4)cc1. The first-order chi connectivity index (χ1) is 46.1. The fourth-order valence-electron chi connectivity index (χ4n) is 12.7. The number of aromatic nitrogens is 6. The Morgan fingerprint density at radius 1 is 0.298 bits per heavy atom. The average Bonchev–Trinajstić information content (AvgIpc) is 1.58. The van der Waals surface area contributed by atoms with Crippen LogP contribution in [0.2, 0.25) is 5.28 Å². The maximum Gasteiger partial charge on any atom is 0.235 e. The number of H-pyrrole nitrogens is 1. The number of nitrogens with zero attached hydrogens (tertiary/aromatic N) is 5. The average molecular weight is 1230 g/mol. The minimum Gasteiger partial charge on any atom is -0.456 e. The lowest BCUT2D eigenvalue weighted by molar-refractivity contribution is 0.487. The highest BCUT2D eigenvalue weighted by Gasteiger charge is 2.31. The van der Waals surface area contributed by atoms with Gasteiger partial charge in [-0.15, -0.1) is 0 Å². The second-order valence-electron chi connectivity index (χ2n) is 22.6. The van der Waals surface area contributed by atoms with Gasteiger partial charge in [-0.25, -0.2) is 19.9 Å². The maximum atomic E-state index is 6.63. The number of aromatic amines is 1. The van der Waals surface area contributed by atoms with E-state index < -0.39 is 0 Å². The Morgan fingerprint density at radius 2 is 0.638 bits per heavy atom. The molecule has 0 saturated carbocycles. The second kappa shape index (κ2) is 25.6. The Bertz CT molecular complexity index is 5280. The van der Waals surface area contributed by atoms with Gasteiger partial charge in [0.25, 0.3) is 0 Å². The molecule has 8 nitrogen and oxygen atoms in total. The summed E-state index contributed by atoms with van der Waals surface area (Å²) in [6.07, 6.45) is 0. The van der Waals surface area contributed by atoms with Crippen molar-refractivity contribution in [2.24, 2.45) is 0 Å². The first-order valence-corrected chi connectivity index (χ1v) is 31.3. The van der Waals surface area contributed by atoms with Crippen LogP contribution >= 0.6 is 11.6 Å². The van der Waals surface area contributed by atoms with Gasteiger partial charge in [0.15, 0.2) is 0 Å². The van der Waals surface area contributed by atoms with Crippen LogP contribution in [-0.4, -0.2) is 29.5 Å². The molecule has 0 unspecified atom stereocenters. The van der Waals surface area contributed by atoms with Gasteiger partial charge in [0, 0.05) is 77.5 Å². The molecule has 2 aliphatic rings. The van der Waals surface area contributed by atoms with E-state index in [2.05, 4.69) is 220 Å². The summed E-state index contributed by atoms with van der Waals surface area (Å²) in [6, 6.07) is 112. The molecule has 18 rings (SSSR count). The van der Waals surface area contributed by atoms with Crippen LogP contribution in [0.4, 0.5) is 0 Å². The molecule has 4 aromatic heterocycles. The number of nitrogens with one attached hydrogen (secondary N) is 1. The normalized spacial score (nSPS) is 11.3. The van der Waals surface area contributed by atoms with Crippen molar-refractivity contribution < 1.29 is 9.47 Å². The van der Waals surface area contributed by atoms with Crippen LogP contribution in [0.15, 0.2) is 328 Å². The number of ether oxygens (including phenoxy) is 2. The van der Waals surface area contributed by atoms with Crippen molar-refractivity contribution in [2.75, 3.05) is 0 Å². The lowest BCUT2D eigenvalue weighted by Gasteiger charge is -2.16. The standard InChI is InChI=1S/C42H27N3O.C26H17NO.C16H11ClN2.CH4/c1-4-15-28(16-5-1)31-23-14-24-34-39-32-21-10-12-25-37(32)46-38-26-13-11-22-33(38)41(39)45(40(31)34)42-43-35(29-17-6-2-7-18-29)27-36(44-42)30-19-8-3-9-20-30;1-2-9-17(10-3-1)18-13-8-14-21-24-19-11-4-6-15-22(19)28-23-16-7-5-12-20(23)26(24)27-25(18)21;17-16-18-14(12-7-3-1-4-8-12)11-15(19-16)13-9-5-2-6-10-13;/h1-27H;1-16,27H;1-11H;1H4. The van der Waals surface area contributed by atoms with Crippen molar-refractivity contribution in [1.29, 1.82) is 0 Å². The van der Waals surface area contributed by atoms with Gasteiger partial charge in [-0.1, -0.05) is 286 Å². The zero-order valence-electron chi connectivity index (χ0n) is 50.1. The summed E-state index contributed by atoms with van der Waals surface area (Å²) in [6.45, 7) is 0. The molecule has 0 saturated heterocycles. The van der Waals surface area contributed by atoms with Crippen LogP contribution in [-0.2, 0) is 0 Å². The summed E-state index contributed by atoms with van der Waals surface area (Å²) in [7, 11) is 0. The molecule has 16 aromatic rings. The molecule has 9 heteroatoms. The van der Waals surface area contributed by atoms with Crippen molar-refractivity contribution in [3.8, 4) is 141 Å². The highest BCUT2D eigenvalue weighted by molar-refractivity contribution is 6.28. The molecule has 0 bridgehead atoms. The third-order valence-corrected chi connectivity index (χ3v) is 17.1. The van der Waals surface area contributed by atoms with Gasteiger partial charge in [-0.05, 0) is 71.3 Å². The fraction of sp³-hybridized carbons (Fsp3) is 0.0118. The summed E-state index contributed by atoms with van der Waals surface area (Å²) in [5, 5.41) is 2.59. The monoisotopic (exact) mass is 1230 g/mol. The van der Waals surface area contributed by atoms with E-state index in [1.807, 2.05) is 127 Å². The molecule has 2 aliphatic heterocycles. The van der Waals surface area contributed by atoms with E-state index in [-0.39, 0.29) is 12.7 Å². The Morgan fingerprint density at radius 3 is 1.12 bits per heavy atom. The molecule has 0 aliphatic carbocycles. The number of benzene rings is 12. The zero-order chi connectivity index (χ0) is 62.0. The smallest absolute Gasteiger partial charge is 0.235 e. The van der Waals surface area contributed by atoms with Crippen molar-refractivity contribution in [3.63, 3.8) is 0 Å². The number of para-hydroxylation sites is 6. The second-order valence-corrected chi connectivity index (χ2v) is 22.9. The highest BCUT2D eigenvalue weighted by Crippen LogP contribution is 2.54. The summed E-state index contributed by atoms with van der Waals surface area (Å²) in [4.78, 5) is 23.0. The molecular formula is C85H59ClN6O2. The van der Waals surface area contributed by atoms with Crippen LogP contribution in [0.1, 0.15) is 7.43 Å². The first-order valence-electron chi connectivity index (χ1n) is 30.9. The molecule has 0 spiro atoms. The molecule has 94 heavy (non-hydrogen) atoms. The van der Waals surface area contributed by atoms with Crippen molar-refractivity contribution in [3.05, 3.63) is 333 Å². The molecule has 448 valence electrons. The van der Waals surface area contributed by atoms with Crippen LogP contribution in [0.25, 0.3) is 140 Å². The number of halogens is 1. The number of hydrogen-bond donors (Lipinski definition) is 1. The predicted octanol–water partition coefficient (Wildman–Crippen LogP) is 23.2. The maximum absolute atomic E-state index is 6.63. The van der Waals surface area contributed by atoms with Gasteiger partial charge >= 0.3 is 0 Å². The molecule has 0 atom stereocenters. The van der Waals surface area contributed by atoms with E-state index in [0.717, 1.165) is 135 Å². The molecule has 0 radical (unpaired) electrons. The quantitative estimate of drug-likeness (QED) is 0.160. The van der Waals surface area contributed by atoms with E-state index in [1.165, 1.54) is 22.1 Å². The van der Waals surface area contributed by atoms with E-state index in [4.69, 9.17) is 31.0 Å². The Hall–Kier alpha value is -12.2. The van der Waals surface area contributed by atoms with Crippen molar-refractivity contribution >= 4 is 33.4 Å². The minimum absolute atomic E-state index is 0. The van der Waals surface area contributed by atoms with Gasteiger partial charge in [0.2, 0.25) is 11.2 Å². The molecule has 6 heterocycles. The van der Waals surface area contributed by atoms with Crippen LogP contribution < -0.4 is 9.47 Å². The first kappa shape index (κ1) is 58.2. The molecular weight excluding hydrogens is 1170 g/mol. The molecule has 0 amide bonds. The third-order valence-electron chi connectivity index (χ3n) is 16.9. The van der Waals surface area contributed by atoms with Crippen molar-refractivity contribution in [2.45, 2.75) is 7.43 Å². The van der Waals surface area contributed by atoms with Gasteiger partial charge in [0.05, 0.1) is 45.2 Å². The van der Waals surface area contributed by atoms with Crippen molar-refractivity contribution in [1.82, 2.24) is 29.5 Å². The van der Waals surface area contributed by atoms with E-state index in [9.17, 15) is 0 Å². The van der Waals surface area contributed by atoms with E-state index in [0.29, 0.717) is 5.95 Å². The lowest BCUT2D eigenvalue weighted by Crippen LogP contribution is -2.06. The molecule has 1 N–H and O–H groups in total. The summed E-state index contributed by atoms with van der Waals surface area (Å²) < 4.78 is 15.2.